The van der Waals surface area contributed by atoms with E-state index in [2.05, 4.69) is 0 Å². The molecule has 0 aliphatic heterocycles. The predicted molar refractivity (Wildman–Crippen MR) is 97.3 cm³/mol. The highest BCUT2D eigenvalue weighted by atomic mass is 35.5. The molecule has 0 aliphatic carbocycles. The molecule has 0 spiro atoms. The van der Waals surface area contributed by atoms with Gasteiger partial charge in [-0.25, -0.2) is 9.18 Å². The maximum Gasteiger partial charge on any atom is 0.439 e. The maximum absolute atomic E-state index is 13.4. The molecule has 2 aromatic carbocycles. The zero-order chi connectivity index (χ0) is 18.8. The van der Waals surface area contributed by atoms with Crippen LogP contribution in [0.5, 0.6) is 0 Å². The summed E-state index contributed by atoms with van der Waals surface area (Å²) in [7, 11) is 1.39. The molecule has 0 aromatic heterocycles. The van der Waals surface area contributed by atoms with Crippen molar-refractivity contribution in [3.63, 3.8) is 0 Å². The van der Waals surface area contributed by atoms with Crippen molar-refractivity contribution in [2.45, 2.75) is 33.3 Å². The molecule has 0 saturated carbocycles. The van der Waals surface area contributed by atoms with E-state index in [1.807, 2.05) is 13.0 Å². The van der Waals surface area contributed by atoms with Gasteiger partial charge < -0.3 is 4.74 Å². The Balaban J connectivity index is 2.43. The molecular formula is C19H21ClFNO3. The van der Waals surface area contributed by atoms with Crippen molar-refractivity contribution in [2.75, 3.05) is 12.2 Å². The van der Waals surface area contributed by atoms with Crippen molar-refractivity contribution in [3.8, 4) is 11.1 Å². The molecule has 0 fully saturated rings. The monoisotopic (exact) mass is 365 g/mol. The SMILES string of the molecule is CON(C(=O)OC(C)(C)C)c1cc(C)cc(-c2ccc(F)c(Cl)c2)c1. The lowest BCUT2D eigenvalue weighted by Gasteiger charge is -2.26. The summed E-state index contributed by atoms with van der Waals surface area (Å²) in [5.41, 5.74) is 2.27. The lowest BCUT2D eigenvalue weighted by atomic mass is 10.0. The first-order valence-electron chi connectivity index (χ1n) is 7.75. The van der Waals surface area contributed by atoms with E-state index in [9.17, 15) is 9.18 Å². The minimum atomic E-state index is -0.648. The zero-order valence-electron chi connectivity index (χ0n) is 14.9. The summed E-state index contributed by atoms with van der Waals surface area (Å²) in [6, 6.07) is 9.94. The second kappa shape index (κ2) is 7.42. The summed E-state index contributed by atoms with van der Waals surface area (Å²) in [6.07, 6.45) is -0.622. The van der Waals surface area contributed by atoms with Gasteiger partial charge in [0.05, 0.1) is 17.8 Å². The summed E-state index contributed by atoms with van der Waals surface area (Å²) < 4.78 is 18.8. The summed E-state index contributed by atoms with van der Waals surface area (Å²) >= 11 is 5.87. The first kappa shape index (κ1) is 19.2. The van der Waals surface area contributed by atoms with Crippen molar-refractivity contribution in [1.29, 1.82) is 0 Å². The molecule has 0 heterocycles. The minimum absolute atomic E-state index is 0.0382. The molecule has 6 heteroatoms. The van der Waals surface area contributed by atoms with Crippen molar-refractivity contribution >= 4 is 23.4 Å². The van der Waals surface area contributed by atoms with Gasteiger partial charge in [-0.15, -0.1) is 0 Å². The van der Waals surface area contributed by atoms with Crippen LogP contribution in [0.3, 0.4) is 0 Å². The Morgan fingerprint density at radius 2 is 1.80 bits per heavy atom. The Hall–Kier alpha value is -2.11. The molecule has 0 bridgehead atoms. The van der Waals surface area contributed by atoms with Gasteiger partial charge >= 0.3 is 6.09 Å². The number of ether oxygens (including phenoxy) is 1. The first-order valence-corrected chi connectivity index (χ1v) is 8.13. The number of aryl methyl sites for hydroxylation is 1. The number of benzene rings is 2. The third-order valence-corrected chi connectivity index (χ3v) is 3.58. The van der Waals surface area contributed by atoms with Crippen molar-refractivity contribution in [2.24, 2.45) is 0 Å². The van der Waals surface area contributed by atoms with Gasteiger partial charge in [-0.05, 0) is 68.7 Å². The summed E-state index contributed by atoms with van der Waals surface area (Å²) in [5, 5.41) is 1.11. The van der Waals surface area contributed by atoms with Crippen molar-refractivity contribution in [1.82, 2.24) is 0 Å². The third-order valence-electron chi connectivity index (χ3n) is 3.29. The second-order valence-electron chi connectivity index (χ2n) is 6.64. The number of carbonyl (C=O) groups excluding carboxylic acids is 1. The molecular weight excluding hydrogens is 345 g/mol. The predicted octanol–water partition coefficient (Wildman–Crippen LogP) is 5.76. The number of hydrogen-bond acceptors (Lipinski definition) is 3. The quantitative estimate of drug-likeness (QED) is 0.649. The van der Waals surface area contributed by atoms with Crippen molar-refractivity contribution < 1.29 is 18.8 Å². The largest absolute Gasteiger partial charge is 0.442 e. The smallest absolute Gasteiger partial charge is 0.439 e. The second-order valence-corrected chi connectivity index (χ2v) is 7.05. The van der Waals surface area contributed by atoms with Crippen LogP contribution in [0.2, 0.25) is 5.02 Å². The Labute approximate surface area is 152 Å². The standard InChI is InChI=1S/C19H21ClFNO3/c1-12-8-14(13-6-7-17(21)16(20)11-13)10-15(9-12)22(24-5)18(23)25-19(2,3)4/h6-11H,1-5H3. The molecule has 0 saturated heterocycles. The molecule has 25 heavy (non-hydrogen) atoms. The highest BCUT2D eigenvalue weighted by Gasteiger charge is 2.24. The molecule has 2 rings (SSSR count). The fraction of sp³-hybridized carbons (Fsp3) is 0.316. The maximum atomic E-state index is 13.4. The average molecular weight is 366 g/mol. The molecule has 0 atom stereocenters. The average Bonchev–Trinajstić information content (AvgIpc) is 2.48. The highest BCUT2D eigenvalue weighted by Crippen LogP contribution is 2.30. The zero-order valence-corrected chi connectivity index (χ0v) is 15.6. The lowest BCUT2D eigenvalue weighted by molar-refractivity contribution is 0.0328. The van der Waals surface area contributed by atoms with E-state index in [4.69, 9.17) is 21.2 Å². The molecule has 0 radical (unpaired) electrons. The van der Waals surface area contributed by atoms with Crippen LogP contribution < -0.4 is 5.06 Å². The van der Waals surface area contributed by atoms with E-state index in [1.54, 1.807) is 45.0 Å². The fourth-order valence-electron chi connectivity index (χ4n) is 2.31. The topological polar surface area (TPSA) is 38.8 Å². The summed E-state index contributed by atoms with van der Waals surface area (Å²) in [4.78, 5) is 17.6. The molecule has 0 N–H and O–H groups in total. The van der Waals surface area contributed by atoms with Gasteiger partial charge in [0.25, 0.3) is 0 Å². The minimum Gasteiger partial charge on any atom is -0.442 e. The number of rotatable bonds is 3. The van der Waals surface area contributed by atoms with Crippen LogP contribution in [0.1, 0.15) is 26.3 Å². The lowest BCUT2D eigenvalue weighted by Crippen LogP contribution is -2.36. The Bertz CT molecular complexity index is 787. The summed E-state index contributed by atoms with van der Waals surface area (Å²) in [5.74, 6) is -0.481. The van der Waals surface area contributed by atoms with Gasteiger partial charge in [-0.3, -0.25) is 4.84 Å². The molecule has 0 aliphatic rings. The number of hydroxylamine groups is 1. The van der Waals surface area contributed by atoms with Crippen LogP contribution in [0, 0.1) is 12.7 Å². The molecule has 2 aromatic rings. The number of amides is 1. The highest BCUT2D eigenvalue weighted by molar-refractivity contribution is 6.31. The molecule has 0 unspecified atom stereocenters. The van der Waals surface area contributed by atoms with Gasteiger partial charge in [-0.2, -0.15) is 5.06 Å². The number of halogens is 2. The molecule has 134 valence electrons. The summed E-state index contributed by atoms with van der Waals surface area (Å²) in [6.45, 7) is 7.23. The van der Waals surface area contributed by atoms with Gasteiger partial charge in [0.2, 0.25) is 0 Å². The van der Waals surface area contributed by atoms with Crippen LogP contribution >= 0.6 is 11.6 Å². The Kier molecular flexibility index (Phi) is 5.70. The van der Waals surface area contributed by atoms with E-state index < -0.39 is 17.5 Å². The number of anilines is 1. The number of carbonyl (C=O) groups is 1. The molecule has 4 nitrogen and oxygen atoms in total. The van der Waals surface area contributed by atoms with E-state index in [0.29, 0.717) is 5.69 Å². The number of hydrogen-bond donors (Lipinski definition) is 0. The fourth-order valence-corrected chi connectivity index (χ4v) is 2.49. The van der Waals surface area contributed by atoms with E-state index in [-0.39, 0.29) is 5.02 Å². The van der Waals surface area contributed by atoms with E-state index in [1.165, 1.54) is 13.2 Å². The van der Waals surface area contributed by atoms with Gasteiger partial charge in [-0.1, -0.05) is 23.7 Å². The Morgan fingerprint density at radius 3 is 2.36 bits per heavy atom. The van der Waals surface area contributed by atoms with Crippen LogP contribution in [-0.2, 0) is 9.57 Å². The van der Waals surface area contributed by atoms with Crippen molar-refractivity contribution in [3.05, 3.63) is 52.8 Å². The van der Waals surface area contributed by atoms with Gasteiger partial charge in [0, 0.05) is 0 Å². The van der Waals surface area contributed by atoms with Crippen LogP contribution in [0.15, 0.2) is 36.4 Å². The first-order chi connectivity index (χ1) is 11.6. The van der Waals surface area contributed by atoms with Crippen LogP contribution in [0.25, 0.3) is 11.1 Å². The van der Waals surface area contributed by atoms with Gasteiger partial charge in [0.1, 0.15) is 11.4 Å². The van der Waals surface area contributed by atoms with E-state index >= 15 is 0 Å². The van der Waals surface area contributed by atoms with Crippen LogP contribution in [-0.4, -0.2) is 18.8 Å². The van der Waals surface area contributed by atoms with Crippen LogP contribution in [0.4, 0.5) is 14.9 Å². The van der Waals surface area contributed by atoms with Gasteiger partial charge in [0.15, 0.2) is 0 Å². The number of nitrogens with zero attached hydrogens (tertiary/aromatic N) is 1. The van der Waals surface area contributed by atoms with E-state index in [0.717, 1.165) is 21.8 Å². The normalized spacial score (nSPS) is 11.3. The Morgan fingerprint density at radius 1 is 1.12 bits per heavy atom. The third kappa shape index (κ3) is 4.94. The molecule has 1 amide bonds.